The van der Waals surface area contributed by atoms with E-state index >= 15 is 0 Å². The van der Waals surface area contributed by atoms with Gasteiger partial charge in [0.2, 0.25) is 17.7 Å². The average Bonchev–Trinajstić information content (AvgIpc) is 3.50. The van der Waals surface area contributed by atoms with Crippen LogP contribution in [0.3, 0.4) is 0 Å². The molecule has 3 amide bonds. The minimum atomic E-state index is -0.537. The Bertz CT molecular complexity index is 918. The van der Waals surface area contributed by atoms with Crippen molar-refractivity contribution < 1.29 is 23.9 Å². The van der Waals surface area contributed by atoms with Gasteiger partial charge in [-0.25, -0.2) is 4.79 Å². The van der Waals surface area contributed by atoms with E-state index in [-0.39, 0.29) is 54.2 Å². The smallest absolute Gasteiger partial charge is 0.340 e. The SMILES string of the molecule is CCOC(=O)c1ccccc1NC(=O)CN1C(=O)[C@@H]2[C@H]3C=C[C@@H]([C@@H]4C[C@H]34)[C@@H]2C1=O. The highest BCUT2D eigenvalue weighted by Gasteiger charge is 2.67. The second-order valence-corrected chi connectivity index (χ2v) is 8.23. The lowest BCUT2D eigenvalue weighted by Crippen LogP contribution is -2.40. The first-order chi connectivity index (χ1) is 14.0. The molecule has 0 unspecified atom stereocenters. The fourth-order valence-electron chi connectivity index (χ4n) is 5.49. The number of imide groups is 1. The van der Waals surface area contributed by atoms with Crippen molar-refractivity contribution in [3.05, 3.63) is 42.0 Å². The summed E-state index contributed by atoms with van der Waals surface area (Å²) in [4.78, 5) is 51.8. The van der Waals surface area contributed by atoms with Gasteiger partial charge < -0.3 is 10.1 Å². The van der Waals surface area contributed by atoms with Gasteiger partial charge in [-0.3, -0.25) is 19.3 Å². The lowest BCUT2D eigenvalue weighted by molar-refractivity contribution is -0.142. The maximum atomic E-state index is 13.0. The van der Waals surface area contributed by atoms with Gasteiger partial charge in [-0.15, -0.1) is 0 Å². The van der Waals surface area contributed by atoms with Gasteiger partial charge in [-0.1, -0.05) is 24.3 Å². The first kappa shape index (κ1) is 18.1. The molecular weight excluding hydrogens is 372 g/mol. The molecule has 2 bridgehead atoms. The standard InChI is InChI=1S/C22H22N2O5/c1-2-29-22(28)13-5-3-4-6-16(13)23-17(25)10-24-20(26)18-11-7-8-12(15-9-14(11)15)19(18)21(24)27/h3-8,11-12,14-15,18-19H,2,9-10H2,1H3,(H,23,25)/t11-,12-,14-,15+,18-,19+/m0/s1. The van der Waals surface area contributed by atoms with Crippen molar-refractivity contribution in [3.8, 4) is 0 Å². The Hall–Kier alpha value is -2.96. The highest BCUT2D eigenvalue weighted by Crippen LogP contribution is 2.65. The van der Waals surface area contributed by atoms with E-state index in [1.165, 1.54) is 0 Å². The maximum absolute atomic E-state index is 13.0. The molecule has 1 heterocycles. The van der Waals surface area contributed by atoms with Crippen LogP contribution in [0, 0.1) is 35.5 Å². The molecule has 0 aromatic heterocycles. The number of para-hydroxylation sites is 1. The van der Waals surface area contributed by atoms with Crippen LogP contribution in [0.25, 0.3) is 0 Å². The van der Waals surface area contributed by atoms with Crippen molar-refractivity contribution in [3.63, 3.8) is 0 Å². The molecule has 3 fully saturated rings. The van der Waals surface area contributed by atoms with Crippen molar-refractivity contribution in [1.82, 2.24) is 4.90 Å². The third kappa shape index (κ3) is 2.71. The number of allylic oxidation sites excluding steroid dienone is 2. The number of ether oxygens (including phenoxy) is 1. The number of esters is 1. The molecular formula is C22H22N2O5. The number of nitrogens with zero attached hydrogens (tertiary/aromatic N) is 1. The zero-order chi connectivity index (χ0) is 20.3. The van der Waals surface area contributed by atoms with Crippen LogP contribution in [0.4, 0.5) is 5.69 Å². The number of rotatable bonds is 5. The van der Waals surface area contributed by atoms with Crippen LogP contribution in [-0.2, 0) is 19.1 Å². The van der Waals surface area contributed by atoms with E-state index in [2.05, 4.69) is 17.5 Å². The molecule has 1 aromatic carbocycles. The van der Waals surface area contributed by atoms with E-state index in [4.69, 9.17) is 4.74 Å². The molecule has 1 N–H and O–H groups in total. The normalized spacial score (nSPS) is 33.3. The van der Waals surface area contributed by atoms with Crippen LogP contribution in [0.1, 0.15) is 23.7 Å². The van der Waals surface area contributed by atoms with Crippen LogP contribution in [0.2, 0.25) is 0 Å². The summed E-state index contributed by atoms with van der Waals surface area (Å²) < 4.78 is 5.01. The van der Waals surface area contributed by atoms with Gasteiger partial charge in [0.15, 0.2) is 0 Å². The molecule has 6 atom stereocenters. The highest BCUT2D eigenvalue weighted by atomic mass is 16.5. The van der Waals surface area contributed by atoms with Crippen LogP contribution < -0.4 is 5.32 Å². The monoisotopic (exact) mass is 394 g/mol. The van der Waals surface area contributed by atoms with E-state index < -0.39 is 11.9 Å². The summed E-state index contributed by atoms with van der Waals surface area (Å²) in [6.45, 7) is 1.59. The van der Waals surface area contributed by atoms with Crippen LogP contribution in [-0.4, -0.2) is 41.7 Å². The Morgan fingerprint density at radius 1 is 1.07 bits per heavy atom. The number of hydrogen-bond acceptors (Lipinski definition) is 5. The van der Waals surface area contributed by atoms with Crippen LogP contribution in [0.15, 0.2) is 36.4 Å². The van der Waals surface area contributed by atoms with E-state index in [9.17, 15) is 19.2 Å². The molecule has 6 rings (SSSR count). The Balaban J connectivity index is 1.31. The number of carbonyl (C=O) groups is 4. The Kier molecular flexibility index (Phi) is 4.08. The molecule has 29 heavy (non-hydrogen) atoms. The predicted molar refractivity (Wildman–Crippen MR) is 102 cm³/mol. The molecule has 1 aliphatic heterocycles. The predicted octanol–water partition coefficient (Wildman–Crippen LogP) is 1.85. The van der Waals surface area contributed by atoms with Gasteiger partial charge in [0, 0.05) is 0 Å². The number of benzene rings is 1. The third-order valence-electron chi connectivity index (χ3n) is 6.75. The van der Waals surface area contributed by atoms with Crippen molar-refractivity contribution >= 4 is 29.4 Å². The minimum absolute atomic E-state index is 0.129. The van der Waals surface area contributed by atoms with Gasteiger partial charge >= 0.3 is 5.97 Å². The summed E-state index contributed by atoms with van der Waals surface area (Å²) in [6.07, 6.45) is 5.30. The fourth-order valence-corrected chi connectivity index (χ4v) is 5.49. The molecule has 150 valence electrons. The summed E-state index contributed by atoms with van der Waals surface area (Å²) in [6, 6.07) is 6.52. The van der Waals surface area contributed by atoms with Crippen molar-refractivity contribution in [2.75, 3.05) is 18.5 Å². The fraction of sp³-hybridized carbons (Fsp3) is 0.455. The van der Waals surface area contributed by atoms with Crippen LogP contribution >= 0.6 is 0 Å². The van der Waals surface area contributed by atoms with Crippen molar-refractivity contribution in [2.45, 2.75) is 13.3 Å². The number of amides is 3. The molecule has 2 saturated carbocycles. The van der Waals surface area contributed by atoms with Crippen molar-refractivity contribution in [1.29, 1.82) is 0 Å². The van der Waals surface area contributed by atoms with E-state index in [0.717, 1.165) is 11.3 Å². The van der Waals surface area contributed by atoms with Crippen molar-refractivity contribution in [2.24, 2.45) is 35.5 Å². The third-order valence-corrected chi connectivity index (χ3v) is 6.75. The first-order valence-corrected chi connectivity index (χ1v) is 10.1. The number of nitrogens with one attached hydrogen (secondary N) is 1. The zero-order valence-corrected chi connectivity index (χ0v) is 16.0. The van der Waals surface area contributed by atoms with E-state index in [0.29, 0.717) is 17.5 Å². The average molecular weight is 394 g/mol. The van der Waals surface area contributed by atoms with Gasteiger partial charge in [0.25, 0.3) is 0 Å². The molecule has 7 heteroatoms. The number of carbonyl (C=O) groups excluding carboxylic acids is 4. The lowest BCUT2D eigenvalue weighted by atomic mass is 9.63. The lowest BCUT2D eigenvalue weighted by Gasteiger charge is -2.37. The van der Waals surface area contributed by atoms with Crippen LogP contribution in [0.5, 0.6) is 0 Å². The molecule has 4 aliphatic carbocycles. The Labute approximate surface area is 168 Å². The molecule has 5 aliphatic rings. The quantitative estimate of drug-likeness (QED) is 0.467. The topological polar surface area (TPSA) is 92.8 Å². The second kappa shape index (κ2) is 6.54. The number of hydrogen-bond donors (Lipinski definition) is 1. The summed E-state index contributed by atoms with van der Waals surface area (Å²) in [5, 5.41) is 2.65. The second-order valence-electron chi connectivity index (χ2n) is 8.23. The summed E-state index contributed by atoms with van der Waals surface area (Å²) in [7, 11) is 0. The summed E-state index contributed by atoms with van der Waals surface area (Å²) >= 11 is 0. The zero-order valence-electron chi connectivity index (χ0n) is 16.0. The van der Waals surface area contributed by atoms with E-state index in [1.54, 1.807) is 31.2 Å². The highest BCUT2D eigenvalue weighted by molar-refractivity contribution is 6.10. The molecule has 0 spiro atoms. The Morgan fingerprint density at radius 3 is 2.31 bits per heavy atom. The first-order valence-electron chi connectivity index (χ1n) is 10.1. The summed E-state index contributed by atoms with van der Waals surface area (Å²) in [5.41, 5.74) is 0.535. The van der Waals surface area contributed by atoms with Gasteiger partial charge in [-0.05, 0) is 49.1 Å². The number of anilines is 1. The van der Waals surface area contributed by atoms with E-state index in [1.807, 2.05) is 0 Å². The maximum Gasteiger partial charge on any atom is 0.340 e. The van der Waals surface area contributed by atoms with Gasteiger partial charge in [0.05, 0.1) is 29.7 Å². The van der Waals surface area contributed by atoms with Gasteiger partial charge in [0.1, 0.15) is 6.54 Å². The molecule has 1 saturated heterocycles. The van der Waals surface area contributed by atoms with Gasteiger partial charge in [-0.2, -0.15) is 0 Å². The Morgan fingerprint density at radius 2 is 1.69 bits per heavy atom. The minimum Gasteiger partial charge on any atom is -0.462 e. The molecule has 0 radical (unpaired) electrons. The molecule has 1 aromatic rings. The number of likely N-dealkylation sites (tertiary alicyclic amines) is 1. The molecule has 7 nitrogen and oxygen atoms in total. The summed E-state index contributed by atoms with van der Waals surface area (Å²) in [5.74, 6) is -0.856. The largest absolute Gasteiger partial charge is 0.462 e.